The van der Waals surface area contributed by atoms with E-state index in [1.807, 2.05) is 0 Å². The molecule has 7 nitrogen and oxygen atoms in total. The average Bonchev–Trinajstić information content (AvgIpc) is 2.40. The first-order chi connectivity index (χ1) is 11.3. The van der Waals surface area contributed by atoms with Crippen LogP contribution < -0.4 is 0 Å². The highest BCUT2D eigenvalue weighted by Crippen LogP contribution is 2.34. The van der Waals surface area contributed by atoms with Gasteiger partial charge < -0.3 is 9.47 Å². The van der Waals surface area contributed by atoms with Crippen molar-refractivity contribution in [3.8, 4) is 0 Å². The van der Waals surface area contributed by atoms with E-state index in [0.717, 1.165) is 0 Å². The van der Waals surface area contributed by atoms with Crippen LogP contribution >= 0.6 is 0 Å². The fourth-order valence-corrected chi connectivity index (χ4v) is 1.31. The Labute approximate surface area is 139 Å². The van der Waals surface area contributed by atoms with Crippen LogP contribution in [-0.2, 0) is 29.2 Å². The molecule has 16 heteroatoms. The lowest BCUT2D eigenvalue weighted by molar-refractivity contribution is -0.222. The molecule has 1 N–H and O–H groups in total. The van der Waals surface area contributed by atoms with E-state index in [0.29, 0.717) is 0 Å². The molecule has 0 saturated heterocycles. The fraction of sp³-hybridized carbons (Fsp3) is 0.600. The van der Waals surface area contributed by atoms with Gasteiger partial charge in [-0.3, -0.25) is 4.55 Å². The van der Waals surface area contributed by atoms with Crippen molar-refractivity contribution in [3.05, 3.63) is 12.4 Å². The van der Waals surface area contributed by atoms with Crippen LogP contribution in [0.5, 0.6) is 0 Å². The van der Waals surface area contributed by atoms with E-state index in [4.69, 9.17) is 4.55 Å². The molecular weight excluding hydrogens is 416 g/mol. The van der Waals surface area contributed by atoms with Crippen LogP contribution in [0.1, 0.15) is 6.42 Å². The molecule has 152 valence electrons. The normalized spacial score (nSPS) is 14.5. The maximum atomic E-state index is 13.6. The standard InChI is InChI=1S/C10H8F8O7S/c1-4(11)6(19)25-5(2-8(12,13)14)10(17,18)7(20)24-3-9(15,16)26(21,22)23/h5H,1-3H2,(H,21,22,23). The minimum Gasteiger partial charge on any atom is -0.453 e. The molecule has 1 unspecified atom stereocenters. The van der Waals surface area contributed by atoms with Crippen molar-refractivity contribution < 1.29 is 67.2 Å². The molecule has 0 aromatic rings. The van der Waals surface area contributed by atoms with E-state index in [9.17, 15) is 53.1 Å². The van der Waals surface area contributed by atoms with Crippen molar-refractivity contribution in [1.82, 2.24) is 0 Å². The molecule has 0 amide bonds. The number of ether oxygens (including phenoxy) is 2. The molecule has 0 aliphatic heterocycles. The number of rotatable bonds is 8. The second-order valence-corrected chi connectivity index (χ2v) is 5.98. The fourth-order valence-electron chi connectivity index (χ4n) is 1.10. The Kier molecular flexibility index (Phi) is 7.14. The molecule has 0 aromatic carbocycles. The second-order valence-electron chi connectivity index (χ2n) is 4.43. The molecule has 1 atom stereocenters. The maximum absolute atomic E-state index is 13.6. The summed E-state index contributed by atoms with van der Waals surface area (Å²) in [6.45, 7) is -0.442. The number of carbonyl (C=O) groups is 2. The molecule has 0 radical (unpaired) electrons. The molecule has 0 rings (SSSR count). The van der Waals surface area contributed by atoms with Crippen molar-refractivity contribution in [2.24, 2.45) is 0 Å². The quantitative estimate of drug-likeness (QED) is 0.275. The van der Waals surface area contributed by atoms with Crippen LogP contribution in [0.25, 0.3) is 0 Å². The highest BCUT2D eigenvalue weighted by Gasteiger charge is 2.57. The molecule has 0 bridgehead atoms. The van der Waals surface area contributed by atoms with Crippen molar-refractivity contribution in [3.63, 3.8) is 0 Å². The smallest absolute Gasteiger partial charge is 0.402 e. The van der Waals surface area contributed by atoms with E-state index in [1.54, 1.807) is 0 Å². The van der Waals surface area contributed by atoms with Gasteiger partial charge in [-0.25, -0.2) is 9.59 Å². The van der Waals surface area contributed by atoms with E-state index in [2.05, 4.69) is 16.1 Å². The molecule has 0 aliphatic carbocycles. The Balaban J connectivity index is 5.47. The van der Waals surface area contributed by atoms with Gasteiger partial charge in [0.05, 0.1) is 6.42 Å². The van der Waals surface area contributed by atoms with Crippen LogP contribution in [0.2, 0.25) is 0 Å². The first kappa shape index (κ1) is 24.0. The molecule has 0 aromatic heterocycles. The monoisotopic (exact) mass is 424 g/mol. The Morgan fingerprint density at radius 3 is 1.88 bits per heavy atom. The second kappa shape index (κ2) is 7.73. The van der Waals surface area contributed by atoms with Crippen LogP contribution in [0, 0.1) is 0 Å². The zero-order valence-electron chi connectivity index (χ0n) is 12.0. The van der Waals surface area contributed by atoms with E-state index < -0.39 is 64.4 Å². The van der Waals surface area contributed by atoms with Crippen LogP contribution in [0.15, 0.2) is 12.4 Å². The third-order valence-electron chi connectivity index (χ3n) is 2.31. The zero-order chi connectivity index (χ0) is 21.1. The van der Waals surface area contributed by atoms with Gasteiger partial charge >= 0.3 is 39.4 Å². The lowest BCUT2D eigenvalue weighted by Gasteiger charge is -2.26. The van der Waals surface area contributed by atoms with Crippen molar-refractivity contribution >= 4 is 22.1 Å². The number of esters is 2. The van der Waals surface area contributed by atoms with E-state index >= 15 is 0 Å². The lowest BCUT2D eigenvalue weighted by atomic mass is 10.1. The summed E-state index contributed by atoms with van der Waals surface area (Å²) in [5.41, 5.74) is 0. The highest BCUT2D eigenvalue weighted by molar-refractivity contribution is 7.86. The molecule has 0 saturated carbocycles. The highest BCUT2D eigenvalue weighted by atomic mass is 32.2. The van der Waals surface area contributed by atoms with Gasteiger partial charge in [0.15, 0.2) is 12.7 Å². The maximum Gasteiger partial charge on any atom is 0.402 e. The van der Waals surface area contributed by atoms with Gasteiger partial charge in [0.2, 0.25) is 5.83 Å². The van der Waals surface area contributed by atoms with Gasteiger partial charge in [-0.15, -0.1) is 0 Å². The van der Waals surface area contributed by atoms with Gasteiger partial charge in [-0.05, 0) is 0 Å². The summed E-state index contributed by atoms with van der Waals surface area (Å²) in [6, 6.07) is 0. The van der Waals surface area contributed by atoms with Crippen molar-refractivity contribution in [1.29, 1.82) is 0 Å². The van der Waals surface area contributed by atoms with Crippen LogP contribution in [0.3, 0.4) is 0 Å². The largest absolute Gasteiger partial charge is 0.453 e. The van der Waals surface area contributed by atoms with Gasteiger partial charge in [0.25, 0.3) is 0 Å². The summed E-state index contributed by atoms with van der Waals surface area (Å²) in [5, 5.41) is -5.26. The van der Waals surface area contributed by atoms with Crippen LogP contribution in [-0.4, -0.2) is 55.0 Å². The summed E-state index contributed by atoms with van der Waals surface area (Å²) in [5.74, 6) is -13.1. The number of hydrogen-bond acceptors (Lipinski definition) is 6. The number of alkyl halides is 7. The molecule has 0 aliphatic rings. The van der Waals surface area contributed by atoms with Crippen molar-refractivity contribution in [2.45, 2.75) is 29.9 Å². The number of hydrogen-bond donors (Lipinski definition) is 1. The third kappa shape index (κ3) is 6.74. The van der Waals surface area contributed by atoms with Crippen LogP contribution in [0.4, 0.5) is 35.1 Å². The van der Waals surface area contributed by atoms with Crippen molar-refractivity contribution in [2.75, 3.05) is 6.61 Å². The molecule has 0 spiro atoms. The average molecular weight is 424 g/mol. The minimum atomic E-state index is -6.20. The number of carbonyl (C=O) groups excluding carboxylic acids is 2. The van der Waals surface area contributed by atoms with Gasteiger partial charge in [0.1, 0.15) is 0 Å². The molecule has 26 heavy (non-hydrogen) atoms. The molecule has 0 fully saturated rings. The van der Waals surface area contributed by atoms with Gasteiger partial charge in [-0.2, -0.15) is 43.5 Å². The summed E-state index contributed by atoms with van der Waals surface area (Å²) >= 11 is 0. The molecular formula is C10H8F8O7S. The summed E-state index contributed by atoms with van der Waals surface area (Å²) in [4.78, 5) is 21.8. The Morgan fingerprint density at radius 1 is 1.08 bits per heavy atom. The van der Waals surface area contributed by atoms with E-state index in [-0.39, 0.29) is 0 Å². The summed E-state index contributed by atoms with van der Waals surface area (Å²) in [6.07, 6.45) is -12.0. The third-order valence-corrected chi connectivity index (χ3v) is 3.19. The predicted molar refractivity (Wildman–Crippen MR) is 63.2 cm³/mol. The number of halogens is 8. The molecule has 0 heterocycles. The lowest BCUT2D eigenvalue weighted by Crippen LogP contribution is -2.48. The van der Waals surface area contributed by atoms with Gasteiger partial charge in [0, 0.05) is 0 Å². The summed E-state index contributed by atoms with van der Waals surface area (Å²) < 4.78 is 137. The first-order valence-electron chi connectivity index (χ1n) is 5.83. The first-order valence-corrected chi connectivity index (χ1v) is 7.27. The SMILES string of the molecule is C=C(F)C(=O)OC(CC(F)(F)F)C(F)(F)C(=O)OCC(F)(F)S(=O)(=O)O. The topological polar surface area (TPSA) is 107 Å². The summed E-state index contributed by atoms with van der Waals surface area (Å²) in [7, 11) is -6.20. The van der Waals surface area contributed by atoms with E-state index in [1.165, 1.54) is 0 Å². The van der Waals surface area contributed by atoms with Gasteiger partial charge in [-0.1, -0.05) is 6.58 Å². The minimum absolute atomic E-state index is 2.11. The Morgan fingerprint density at radius 2 is 1.54 bits per heavy atom. The Bertz CT molecular complexity index is 669. The Hall–Kier alpha value is -1.97. The predicted octanol–water partition coefficient (Wildman–Crippen LogP) is 1.99. The zero-order valence-corrected chi connectivity index (χ0v) is 12.8.